The van der Waals surface area contributed by atoms with Crippen molar-refractivity contribution in [1.29, 1.82) is 0 Å². The van der Waals surface area contributed by atoms with Crippen molar-refractivity contribution in [2.75, 3.05) is 32.0 Å². The molecule has 2 aliphatic rings. The van der Waals surface area contributed by atoms with Crippen LogP contribution in [0.1, 0.15) is 12.8 Å². The van der Waals surface area contributed by atoms with Crippen LogP contribution in [-0.2, 0) is 19.6 Å². The Morgan fingerprint density at radius 1 is 1.50 bits per heavy atom. The Labute approximate surface area is 106 Å². The molecule has 7 nitrogen and oxygen atoms in total. The molecule has 18 heavy (non-hydrogen) atoms. The molecule has 2 saturated heterocycles. The summed E-state index contributed by atoms with van der Waals surface area (Å²) in [5.74, 6) is -2.25. The minimum Gasteiger partial charge on any atom is -0.480 e. The van der Waals surface area contributed by atoms with Gasteiger partial charge in [0.2, 0.25) is 10.0 Å². The fraction of sp³-hybridized carbons (Fsp3) is 0.900. The highest BCUT2D eigenvalue weighted by Crippen LogP contribution is 2.22. The zero-order valence-corrected chi connectivity index (χ0v) is 10.9. The van der Waals surface area contributed by atoms with Crippen molar-refractivity contribution in [3.05, 3.63) is 0 Å². The summed E-state index contributed by atoms with van der Waals surface area (Å²) in [6.45, 7) is 2.51. The van der Waals surface area contributed by atoms with Gasteiger partial charge in [-0.3, -0.25) is 9.69 Å². The van der Waals surface area contributed by atoms with E-state index in [0.717, 1.165) is 19.4 Å². The van der Waals surface area contributed by atoms with Crippen LogP contribution in [0, 0.1) is 0 Å². The molecule has 0 aromatic heterocycles. The molecule has 0 radical (unpaired) electrons. The summed E-state index contributed by atoms with van der Waals surface area (Å²) < 4.78 is 30.6. The van der Waals surface area contributed by atoms with E-state index in [4.69, 9.17) is 9.84 Å². The van der Waals surface area contributed by atoms with Gasteiger partial charge in [-0.1, -0.05) is 0 Å². The summed E-state index contributed by atoms with van der Waals surface area (Å²) in [7, 11) is -3.75. The summed E-state index contributed by atoms with van der Waals surface area (Å²) in [5.41, 5.74) is 0. The van der Waals surface area contributed by atoms with Crippen LogP contribution in [0.15, 0.2) is 0 Å². The quantitative estimate of drug-likeness (QED) is 0.659. The van der Waals surface area contributed by atoms with Crippen molar-refractivity contribution >= 4 is 16.0 Å². The van der Waals surface area contributed by atoms with Crippen LogP contribution in [0.5, 0.6) is 0 Å². The maximum atomic E-state index is 11.4. The first kappa shape index (κ1) is 13.7. The lowest BCUT2D eigenvalue weighted by Gasteiger charge is -2.35. The van der Waals surface area contributed by atoms with E-state index in [-0.39, 0.29) is 12.6 Å². The molecule has 2 N–H and O–H groups in total. The van der Waals surface area contributed by atoms with Gasteiger partial charge in [-0.25, -0.2) is 13.1 Å². The number of nitrogens with zero attached hydrogens (tertiary/aromatic N) is 1. The maximum Gasteiger partial charge on any atom is 0.320 e. The first-order chi connectivity index (χ1) is 8.46. The molecule has 0 aromatic rings. The van der Waals surface area contributed by atoms with Crippen molar-refractivity contribution in [2.45, 2.75) is 25.0 Å². The van der Waals surface area contributed by atoms with Crippen LogP contribution >= 0.6 is 0 Å². The minimum atomic E-state index is -3.75. The summed E-state index contributed by atoms with van der Waals surface area (Å²) in [6, 6.07) is 0.469. The zero-order chi connectivity index (χ0) is 13.2. The number of carboxylic acid groups (broad SMARTS) is 1. The fourth-order valence-electron chi connectivity index (χ4n) is 2.44. The van der Waals surface area contributed by atoms with Crippen LogP contribution in [0.4, 0.5) is 0 Å². The molecule has 0 bridgehead atoms. The van der Waals surface area contributed by atoms with Gasteiger partial charge >= 0.3 is 5.97 Å². The minimum absolute atomic E-state index is 0.138. The Morgan fingerprint density at radius 2 is 2.28 bits per heavy atom. The third-order valence-electron chi connectivity index (χ3n) is 3.31. The van der Waals surface area contributed by atoms with Crippen molar-refractivity contribution in [3.63, 3.8) is 0 Å². The largest absolute Gasteiger partial charge is 0.480 e. The second kappa shape index (κ2) is 5.52. The molecule has 2 unspecified atom stereocenters. The highest BCUT2D eigenvalue weighted by Gasteiger charge is 2.32. The number of nitrogens with one attached hydrogen (secondary N) is 1. The van der Waals surface area contributed by atoms with Crippen molar-refractivity contribution in [3.8, 4) is 0 Å². The van der Waals surface area contributed by atoms with Gasteiger partial charge in [0.15, 0.2) is 5.75 Å². The van der Waals surface area contributed by atoms with Gasteiger partial charge in [0, 0.05) is 19.1 Å². The second-order valence-electron chi connectivity index (χ2n) is 4.75. The van der Waals surface area contributed by atoms with Gasteiger partial charge in [0.25, 0.3) is 0 Å². The molecule has 104 valence electrons. The van der Waals surface area contributed by atoms with Crippen LogP contribution < -0.4 is 4.72 Å². The molecular formula is C10H18N2O5S. The lowest BCUT2D eigenvalue weighted by Crippen LogP contribution is -2.50. The van der Waals surface area contributed by atoms with Crippen molar-refractivity contribution in [1.82, 2.24) is 9.62 Å². The Balaban J connectivity index is 1.79. The molecule has 2 aliphatic heterocycles. The number of carbonyl (C=O) groups is 1. The lowest BCUT2D eigenvalue weighted by molar-refractivity contribution is -0.134. The molecule has 2 atom stereocenters. The average Bonchev–Trinajstić information content (AvgIpc) is 2.71. The summed E-state index contributed by atoms with van der Waals surface area (Å²) in [5, 5.41) is 8.45. The highest BCUT2D eigenvalue weighted by molar-refractivity contribution is 7.90. The van der Waals surface area contributed by atoms with Crippen LogP contribution in [0.25, 0.3) is 0 Å². The van der Waals surface area contributed by atoms with E-state index in [0.29, 0.717) is 19.2 Å². The normalized spacial score (nSPS) is 29.1. The van der Waals surface area contributed by atoms with E-state index in [9.17, 15) is 13.2 Å². The van der Waals surface area contributed by atoms with E-state index < -0.39 is 21.7 Å². The number of morpholine rings is 1. The lowest BCUT2D eigenvalue weighted by atomic mass is 10.2. The molecule has 0 spiro atoms. The summed E-state index contributed by atoms with van der Waals surface area (Å²) >= 11 is 0. The third-order valence-corrected chi connectivity index (χ3v) is 4.54. The maximum absolute atomic E-state index is 11.4. The number of hydrogen-bond acceptors (Lipinski definition) is 5. The molecule has 0 amide bonds. The van der Waals surface area contributed by atoms with Gasteiger partial charge < -0.3 is 9.84 Å². The third kappa shape index (κ3) is 3.64. The molecule has 0 saturated carbocycles. The zero-order valence-electron chi connectivity index (χ0n) is 10.0. The first-order valence-electron chi connectivity index (χ1n) is 6.01. The number of sulfonamides is 1. The van der Waals surface area contributed by atoms with Gasteiger partial charge in [0.1, 0.15) is 0 Å². The number of carboxylic acids is 1. The fourth-order valence-corrected chi connectivity index (χ4v) is 3.31. The Hall–Kier alpha value is -0.700. The molecule has 2 fully saturated rings. The molecule has 0 aromatic carbocycles. The summed E-state index contributed by atoms with van der Waals surface area (Å²) in [6.07, 6.45) is 2.10. The van der Waals surface area contributed by atoms with Crippen LogP contribution in [0.2, 0.25) is 0 Å². The topological polar surface area (TPSA) is 95.9 Å². The standard InChI is InChI=1S/C10H18N2O5S/c13-10(14)7-18(15,16)11-4-9-5-12-3-1-2-8(12)6-17-9/h8-9,11H,1-7H2,(H,13,14). The predicted molar refractivity (Wildman–Crippen MR) is 63.8 cm³/mol. The second-order valence-corrected chi connectivity index (χ2v) is 6.55. The predicted octanol–water partition coefficient (Wildman–Crippen LogP) is -1.15. The van der Waals surface area contributed by atoms with E-state index in [1.165, 1.54) is 0 Å². The number of ether oxygens (including phenoxy) is 1. The van der Waals surface area contributed by atoms with Crippen molar-refractivity contribution < 1.29 is 23.1 Å². The van der Waals surface area contributed by atoms with Crippen LogP contribution in [-0.4, -0.2) is 68.5 Å². The number of hydrogen-bond donors (Lipinski definition) is 2. The van der Waals surface area contributed by atoms with Gasteiger partial charge in [0.05, 0.1) is 12.7 Å². The van der Waals surface area contributed by atoms with Crippen LogP contribution in [0.3, 0.4) is 0 Å². The average molecular weight is 278 g/mol. The Morgan fingerprint density at radius 3 is 3.00 bits per heavy atom. The summed E-state index contributed by atoms with van der Waals surface area (Å²) in [4.78, 5) is 12.7. The highest BCUT2D eigenvalue weighted by atomic mass is 32.2. The van der Waals surface area contributed by atoms with E-state index in [2.05, 4.69) is 9.62 Å². The SMILES string of the molecule is O=C(O)CS(=O)(=O)NCC1CN2CCCC2CO1. The molecule has 8 heteroatoms. The van der Waals surface area contributed by atoms with Gasteiger partial charge in [-0.05, 0) is 19.4 Å². The molecule has 2 heterocycles. The molecular weight excluding hydrogens is 260 g/mol. The molecule has 0 aliphatic carbocycles. The van der Waals surface area contributed by atoms with Gasteiger partial charge in [-0.2, -0.15) is 0 Å². The first-order valence-corrected chi connectivity index (χ1v) is 7.66. The molecule has 2 rings (SSSR count). The van der Waals surface area contributed by atoms with Gasteiger partial charge in [-0.15, -0.1) is 0 Å². The van der Waals surface area contributed by atoms with E-state index in [1.807, 2.05) is 0 Å². The smallest absolute Gasteiger partial charge is 0.320 e. The van der Waals surface area contributed by atoms with E-state index in [1.54, 1.807) is 0 Å². The number of rotatable bonds is 5. The van der Waals surface area contributed by atoms with E-state index >= 15 is 0 Å². The number of aliphatic carboxylic acids is 1. The monoisotopic (exact) mass is 278 g/mol. The Bertz CT molecular complexity index is 410. The number of fused-ring (bicyclic) bond motifs is 1. The van der Waals surface area contributed by atoms with Crippen molar-refractivity contribution in [2.24, 2.45) is 0 Å². The Kier molecular flexibility index (Phi) is 4.21.